The lowest BCUT2D eigenvalue weighted by Crippen LogP contribution is -2.37. The van der Waals surface area contributed by atoms with Crippen LogP contribution in [0.1, 0.15) is 35.7 Å². The van der Waals surface area contributed by atoms with Gasteiger partial charge in [-0.05, 0) is 42.5 Å². The van der Waals surface area contributed by atoms with Gasteiger partial charge in [0.1, 0.15) is 0 Å². The van der Waals surface area contributed by atoms with E-state index < -0.39 is 15.9 Å². The first-order chi connectivity index (χ1) is 15.8. The fraction of sp³-hybridized carbons (Fsp3) is 0.318. The van der Waals surface area contributed by atoms with Crippen LogP contribution < -0.4 is 5.32 Å². The Kier molecular flexibility index (Phi) is 7.70. The van der Waals surface area contributed by atoms with E-state index in [1.807, 2.05) is 30.3 Å². The van der Waals surface area contributed by atoms with Gasteiger partial charge in [-0.3, -0.25) is 10.1 Å². The SMILES string of the molecule is CC1CCN(S(=O)(=O)c2ccc(Cl)c(C(=O)Nc3nnc(SCc4ccccc4)s3)c2)CC1. The van der Waals surface area contributed by atoms with E-state index >= 15 is 0 Å². The van der Waals surface area contributed by atoms with E-state index in [0.717, 1.165) is 28.5 Å². The molecule has 2 aromatic carbocycles. The molecule has 33 heavy (non-hydrogen) atoms. The highest BCUT2D eigenvalue weighted by Gasteiger charge is 2.29. The molecule has 11 heteroatoms. The van der Waals surface area contributed by atoms with Gasteiger partial charge < -0.3 is 0 Å². The van der Waals surface area contributed by atoms with Crippen molar-refractivity contribution in [3.63, 3.8) is 0 Å². The Balaban J connectivity index is 1.45. The predicted molar refractivity (Wildman–Crippen MR) is 132 cm³/mol. The topological polar surface area (TPSA) is 92.3 Å². The average Bonchev–Trinajstić information content (AvgIpc) is 3.26. The van der Waals surface area contributed by atoms with Gasteiger partial charge in [-0.1, -0.05) is 72.0 Å². The smallest absolute Gasteiger partial charge is 0.259 e. The van der Waals surface area contributed by atoms with Gasteiger partial charge in [-0.25, -0.2) is 8.42 Å². The fourth-order valence-electron chi connectivity index (χ4n) is 3.42. The van der Waals surface area contributed by atoms with Crippen molar-refractivity contribution in [1.29, 1.82) is 0 Å². The Bertz CT molecular complexity index is 1230. The number of halogens is 1. The quantitative estimate of drug-likeness (QED) is 0.340. The number of nitrogens with zero attached hydrogens (tertiary/aromatic N) is 3. The van der Waals surface area contributed by atoms with Crippen LogP contribution in [0.5, 0.6) is 0 Å². The Morgan fingerprint density at radius 1 is 1.18 bits per heavy atom. The Morgan fingerprint density at radius 3 is 2.64 bits per heavy atom. The summed E-state index contributed by atoms with van der Waals surface area (Å²) in [6.45, 7) is 3.07. The third kappa shape index (κ3) is 5.93. The van der Waals surface area contributed by atoms with E-state index in [0.29, 0.717) is 24.1 Å². The lowest BCUT2D eigenvalue weighted by molar-refractivity contribution is 0.102. The summed E-state index contributed by atoms with van der Waals surface area (Å²) in [6, 6.07) is 14.2. The number of carbonyl (C=O) groups is 1. The maximum atomic E-state index is 13.1. The number of sulfonamides is 1. The van der Waals surface area contributed by atoms with Crippen LogP contribution in [0, 0.1) is 5.92 Å². The number of rotatable bonds is 7. The minimum absolute atomic E-state index is 0.0583. The van der Waals surface area contributed by atoms with Crippen LogP contribution >= 0.6 is 34.7 Å². The molecule has 0 radical (unpaired) electrons. The number of anilines is 1. The second-order valence-electron chi connectivity index (χ2n) is 7.83. The van der Waals surface area contributed by atoms with Crippen LogP contribution in [0.2, 0.25) is 5.02 Å². The molecular weight excluding hydrogens is 500 g/mol. The van der Waals surface area contributed by atoms with Gasteiger partial charge in [0.15, 0.2) is 4.34 Å². The van der Waals surface area contributed by atoms with Crippen LogP contribution in [0.3, 0.4) is 0 Å². The maximum Gasteiger partial charge on any atom is 0.259 e. The van der Waals surface area contributed by atoms with E-state index in [-0.39, 0.29) is 15.5 Å². The lowest BCUT2D eigenvalue weighted by atomic mass is 10.0. The number of hydrogen-bond donors (Lipinski definition) is 1. The minimum atomic E-state index is -3.69. The zero-order chi connectivity index (χ0) is 23.4. The summed E-state index contributed by atoms with van der Waals surface area (Å²) in [7, 11) is -3.69. The highest BCUT2D eigenvalue weighted by molar-refractivity contribution is 8.00. The van der Waals surface area contributed by atoms with Crippen molar-refractivity contribution in [2.45, 2.75) is 34.8 Å². The normalized spacial score (nSPS) is 15.5. The van der Waals surface area contributed by atoms with E-state index in [4.69, 9.17) is 11.6 Å². The van der Waals surface area contributed by atoms with Gasteiger partial charge in [0.25, 0.3) is 5.91 Å². The van der Waals surface area contributed by atoms with Crippen molar-refractivity contribution < 1.29 is 13.2 Å². The van der Waals surface area contributed by atoms with Crippen LogP contribution in [-0.4, -0.2) is 41.9 Å². The van der Waals surface area contributed by atoms with E-state index in [1.54, 1.807) is 0 Å². The van der Waals surface area contributed by atoms with Crippen molar-refractivity contribution in [2.75, 3.05) is 18.4 Å². The molecular formula is C22H23ClN4O3S3. The second kappa shape index (κ2) is 10.5. The number of aromatic nitrogens is 2. The van der Waals surface area contributed by atoms with Crippen molar-refractivity contribution in [3.8, 4) is 0 Å². The summed E-state index contributed by atoms with van der Waals surface area (Å²) < 4.78 is 28.3. The molecule has 1 aromatic heterocycles. The molecule has 1 amide bonds. The third-order valence-electron chi connectivity index (χ3n) is 5.39. The molecule has 0 unspecified atom stereocenters. The molecule has 174 valence electrons. The molecule has 0 saturated carbocycles. The average molecular weight is 523 g/mol. The molecule has 0 bridgehead atoms. The molecule has 1 aliphatic rings. The van der Waals surface area contributed by atoms with Gasteiger partial charge in [0.05, 0.1) is 15.5 Å². The molecule has 1 fully saturated rings. The monoisotopic (exact) mass is 522 g/mol. The van der Waals surface area contributed by atoms with Crippen molar-refractivity contribution in [2.24, 2.45) is 5.92 Å². The van der Waals surface area contributed by atoms with Crippen molar-refractivity contribution in [3.05, 3.63) is 64.7 Å². The first-order valence-corrected chi connectivity index (χ1v) is 14.1. The molecule has 4 rings (SSSR count). The molecule has 1 saturated heterocycles. The van der Waals surface area contributed by atoms with Crippen molar-refractivity contribution >= 4 is 55.8 Å². The van der Waals surface area contributed by atoms with Gasteiger partial charge in [-0.15, -0.1) is 10.2 Å². The second-order valence-corrected chi connectivity index (χ2v) is 12.4. The molecule has 1 aliphatic heterocycles. The zero-order valence-corrected chi connectivity index (χ0v) is 21.1. The highest BCUT2D eigenvalue weighted by Crippen LogP contribution is 2.30. The molecule has 2 heterocycles. The summed E-state index contributed by atoms with van der Waals surface area (Å²) in [5, 5.41) is 11.3. The number of thioether (sulfide) groups is 1. The maximum absolute atomic E-state index is 13.1. The summed E-state index contributed by atoms with van der Waals surface area (Å²) >= 11 is 9.01. The number of benzene rings is 2. The standard InChI is InChI=1S/C22H23ClN4O3S3/c1-15-9-11-27(12-10-15)33(29,30)17-7-8-19(23)18(13-17)20(28)24-21-25-26-22(32-21)31-14-16-5-3-2-4-6-16/h2-8,13,15H,9-12,14H2,1H3,(H,24,25,28). The number of nitrogens with one attached hydrogen (secondary N) is 1. The molecule has 1 N–H and O–H groups in total. The van der Waals surface area contributed by atoms with Gasteiger partial charge in [-0.2, -0.15) is 4.31 Å². The zero-order valence-electron chi connectivity index (χ0n) is 17.9. The molecule has 3 aromatic rings. The summed E-state index contributed by atoms with van der Waals surface area (Å²) in [5.41, 5.74) is 1.24. The number of hydrogen-bond acceptors (Lipinski definition) is 7. The highest BCUT2D eigenvalue weighted by atomic mass is 35.5. The molecule has 0 spiro atoms. The lowest BCUT2D eigenvalue weighted by Gasteiger charge is -2.29. The van der Waals surface area contributed by atoms with Crippen LogP contribution in [0.25, 0.3) is 0 Å². The number of amides is 1. The first kappa shape index (κ1) is 24.2. The number of piperidine rings is 1. The van der Waals surface area contributed by atoms with E-state index in [2.05, 4.69) is 22.4 Å². The predicted octanol–water partition coefficient (Wildman–Crippen LogP) is 5.16. The third-order valence-corrected chi connectivity index (χ3v) is 9.66. The first-order valence-electron chi connectivity index (χ1n) is 10.4. The van der Waals surface area contributed by atoms with Gasteiger partial charge in [0, 0.05) is 18.8 Å². The summed E-state index contributed by atoms with van der Waals surface area (Å²) in [6.07, 6.45) is 1.64. The Labute approximate surface area is 206 Å². The molecule has 0 atom stereocenters. The van der Waals surface area contributed by atoms with Crippen LogP contribution in [0.15, 0.2) is 57.8 Å². The number of carbonyl (C=O) groups excluding carboxylic acids is 1. The molecule has 7 nitrogen and oxygen atoms in total. The van der Waals surface area contributed by atoms with E-state index in [9.17, 15) is 13.2 Å². The summed E-state index contributed by atoms with van der Waals surface area (Å²) in [4.78, 5) is 12.9. The molecule has 0 aliphatic carbocycles. The fourth-order valence-corrected chi connectivity index (χ4v) is 6.82. The summed E-state index contributed by atoms with van der Waals surface area (Å²) in [5.74, 6) is 0.718. The van der Waals surface area contributed by atoms with Gasteiger partial charge >= 0.3 is 0 Å². The van der Waals surface area contributed by atoms with Crippen LogP contribution in [-0.2, 0) is 15.8 Å². The van der Waals surface area contributed by atoms with Gasteiger partial charge in [0.2, 0.25) is 15.2 Å². The minimum Gasteiger partial charge on any atom is -0.296 e. The van der Waals surface area contributed by atoms with Crippen molar-refractivity contribution in [1.82, 2.24) is 14.5 Å². The Hall–Kier alpha value is -1.98. The van der Waals surface area contributed by atoms with E-state index in [1.165, 1.54) is 45.6 Å². The Morgan fingerprint density at radius 2 is 1.91 bits per heavy atom. The van der Waals surface area contributed by atoms with Crippen LogP contribution in [0.4, 0.5) is 5.13 Å². The largest absolute Gasteiger partial charge is 0.296 e.